The molecule has 1 aliphatic heterocycles. The van der Waals surface area contributed by atoms with Crippen LogP contribution in [0.3, 0.4) is 0 Å². The first kappa shape index (κ1) is 20.6. The van der Waals surface area contributed by atoms with Crippen molar-refractivity contribution < 1.29 is 8.42 Å². The zero-order chi connectivity index (χ0) is 20.8. The summed E-state index contributed by atoms with van der Waals surface area (Å²) in [7, 11) is -1.64. The SMILES string of the molecule is Cc1c(S(=O)(=O)N2CCCC[C@@H]2C)cc(-c2nc(-c3cccc(Cl)c3)cs2)n1C. The van der Waals surface area contributed by atoms with E-state index in [1.54, 1.807) is 10.4 Å². The predicted molar refractivity (Wildman–Crippen MR) is 119 cm³/mol. The monoisotopic (exact) mass is 449 g/mol. The summed E-state index contributed by atoms with van der Waals surface area (Å²) in [5.74, 6) is 0. The summed E-state index contributed by atoms with van der Waals surface area (Å²) >= 11 is 7.61. The molecule has 1 atom stereocenters. The molecule has 0 saturated carbocycles. The number of halogens is 1. The summed E-state index contributed by atoms with van der Waals surface area (Å²) in [6.45, 7) is 4.44. The van der Waals surface area contributed by atoms with E-state index in [9.17, 15) is 8.42 Å². The number of hydrogen-bond donors (Lipinski definition) is 0. The quantitative estimate of drug-likeness (QED) is 0.540. The maximum atomic E-state index is 13.4. The molecule has 1 saturated heterocycles. The van der Waals surface area contributed by atoms with E-state index >= 15 is 0 Å². The Balaban J connectivity index is 1.72. The van der Waals surface area contributed by atoms with Crippen molar-refractivity contribution >= 4 is 33.0 Å². The van der Waals surface area contributed by atoms with Gasteiger partial charge in [-0.25, -0.2) is 13.4 Å². The molecule has 29 heavy (non-hydrogen) atoms. The van der Waals surface area contributed by atoms with Crippen LogP contribution in [0.1, 0.15) is 31.9 Å². The largest absolute Gasteiger partial charge is 0.345 e. The van der Waals surface area contributed by atoms with Gasteiger partial charge in [0.25, 0.3) is 0 Å². The van der Waals surface area contributed by atoms with Crippen molar-refractivity contribution in [1.29, 1.82) is 0 Å². The number of aromatic nitrogens is 2. The fraction of sp³-hybridized carbons (Fsp3) is 0.381. The van der Waals surface area contributed by atoms with Crippen molar-refractivity contribution in [1.82, 2.24) is 13.9 Å². The van der Waals surface area contributed by atoms with E-state index in [0.717, 1.165) is 46.9 Å². The first-order valence-corrected chi connectivity index (χ1v) is 12.4. The maximum Gasteiger partial charge on any atom is 0.245 e. The highest BCUT2D eigenvalue weighted by atomic mass is 35.5. The van der Waals surface area contributed by atoms with E-state index in [0.29, 0.717) is 16.5 Å². The minimum absolute atomic E-state index is 0.0334. The lowest BCUT2D eigenvalue weighted by Gasteiger charge is -2.32. The van der Waals surface area contributed by atoms with E-state index in [1.807, 2.05) is 55.1 Å². The van der Waals surface area contributed by atoms with Crippen LogP contribution in [0.2, 0.25) is 5.02 Å². The molecule has 0 unspecified atom stereocenters. The zero-order valence-electron chi connectivity index (χ0n) is 16.7. The Morgan fingerprint density at radius 3 is 2.76 bits per heavy atom. The normalized spacial score (nSPS) is 18.3. The summed E-state index contributed by atoms with van der Waals surface area (Å²) in [5.41, 5.74) is 3.32. The number of hydrogen-bond acceptors (Lipinski definition) is 4. The molecular weight excluding hydrogens is 426 g/mol. The van der Waals surface area contributed by atoms with E-state index < -0.39 is 10.0 Å². The second-order valence-electron chi connectivity index (χ2n) is 7.55. The number of piperidine rings is 1. The second-order valence-corrected chi connectivity index (χ2v) is 10.7. The van der Waals surface area contributed by atoms with Crippen LogP contribution in [0.25, 0.3) is 22.0 Å². The van der Waals surface area contributed by atoms with E-state index in [-0.39, 0.29) is 6.04 Å². The molecule has 0 N–H and O–H groups in total. The van der Waals surface area contributed by atoms with Gasteiger partial charge >= 0.3 is 0 Å². The molecule has 154 valence electrons. The Morgan fingerprint density at radius 1 is 1.24 bits per heavy atom. The first-order chi connectivity index (χ1) is 13.8. The van der Waals surface area contributed by atoms with Crippen molar-refractivity contribution in [2.75, 3.05) is 6.54 Å². The van der Waals surface area contributed by atoms with Crippen LogP contribution >= 0.6 is 22.9 Å². The molecule has 1 aromatic carbocycles. The predicted octanol–water partition coefficient (Wildman–Crippen LogP) is 5.34. The molecule has 4 rings (SSSR count). The van der Waals surface area contributed by atoms with Crippen LogP contribution in [-0.2, 0) is 17.1 Å². The lowest BCUT2D eigenvalue weighted by Crippen LogP contribution is -2.42. The van der Waals surface area contributed by atoms with Crippen molar-refractivity contribution in [3.05, 3.63) is 46.4 Å². The van der Waals surface area contributed by atoms with Gasteiger partial charge in [-0.2, -0.15) is 4.31 Å². The average Bonchev–Trinajstić information content (AvgIpc) is 3.28. The fourth-order valence-corrected chi connectivity index (χ4v) is 6.91. The van der Waals surface area contributed by atoms with Gasteiger partial charge < -0.3 is 4.57 Å². The number of thiazole rings is 1. The van der Waals surface area contributed by atoms with Gasteiger partial charge in [-0.05, 0) is 44.9 Å². The number of benzene rings is 1. The van der Waals surface area contributed by atoms with Gasteiger partial charge in [-0.1, -0.05) is 30.2 Å². The Kier molecular flexibility index (Phi) is 5.59. The van der Waals surface area contributed by atoms with Crippen LogP contribution in [0, 0.1) is 6.92 Å². The zero-order valence-corrected chi connectivity index (χ0v) is 19.1. The number of rotatable bonds is 4. The van der Waals surface area contributed by atoms with Gasteiger partial charge in [0.2, 0.25) is 10.0 Å². The molecule has 0 spiro atoms. The maximum absolute atomic E-state index is 13.4. The molecule has 3 heterocycles. The molecule has 0 bridgehead atoms. The highest BCUT2D eigenvalue weighted by Gasteiger charge is 2.34. The smallest absolute Gasteiger partial charge is 0.245 e. The third-order valence-corrected chi connectivity index (χ3v) is 8.89. The molecule has 0 radical (unpaired) electrons. The molecule has 0 amide bonds. The Labute approximate surface area is 181 Å². The summed E-state index contributed by atoms with van der Waals surface area (Å²) < 4.78 is 30.3. The van der Waals surface area contributed by atoms with Crippen LogP contribution in [-0.4, -0.2) is 34.9 Å². The molecule has 2 aromatic heterocycles. The highest BCUT2D eigenvalue weighted by Crippen LogP contribution is 2.35. The molecule has 3 aromatic rings. The Bertz CT molecular complexity index is 1150. The molecule has 0 aliphatic carbocycles. The van der Waals surface area contributed by atoms with Crippen molar-refractivity contribution in [2.24, 2.45) is 7.05 Å². The van der Waals surface area contributed by atoms with Crippen molar-refractivity contribution in [3.8, 4) is 22.0 Å². The van der Waals surface area contributed by atoms with Crippen LogP contribution < -0.4 is 0 Å². The van der Waals surface area contributed by atoms with Gasteiger partial charge in [0.05, 0.1) is 11.4 Å². The third-order valence-electron chi connectivity index (χ3n) is 5.66. The van der Waals surface area contributed by atoms with Crippen LogP contribution in [0.5, 0.6) is 0 Å². The molecule has 5 nitrogen and oxygen atoms in total. The summed E-state index contributed by atoms with van der Waals surface area (Å²) in [4.78, 5) is 5.13. The standard InChI is InChI=1S/C21H24ClN3O2S2/c1-14-7-4-5-10-25(14)29(26,27)20-12-19(24(3)15(20)2)21-23-18(13-28-21)16-8-6-9-17(22)11-16/h6,8-9,11-14H,4-5,7,10H2,1-3H3/t14-/m0/s1. The number of nitrogens with zero attached hydrogens (tertiary/aromatic N) is 3. The first-order valence-electron chi connectivity index (χ1n) is 9.69. The van der Waals surface area contributed by atoms with Gasteiger partial charge in [-0.3, -0.25) is 0 Å². The molecule has 8 heteroatoms. The Morgan fingerprint density at radius 2 is 2.03 bits per heavy atom. The van der Waals surface area contributed by atoms with Gasteiger partial charge in [-0.15, -0.1) is 11.3 Å². The third kappa shape index (κ3) is 3.77. The van der Waals surface area contributed by atoms with Gasteiger partial charge in [0, 0.05) is 41.3 Å². The summed E-state index contributed by atoms with van der Waals surface area (Å²) in [6.07, 6.45) is 2.91. The van der Waals surface area contributed by atoms with Gasteiger partial charge in [0.1, 0.15) is 9.90 Å². The Hall–Kier alpha value is -1.67. The van der Waals surface area contributed by atoms with Crippen LogP contribution in [0.4, 0.5) is 0 Å². The lowest BCUT2D eigenvalue weighted by molar-refractivity contribution is 0.268. The molecule has 1 fully saturated rings. The second kappa shape index (κ2) is 7.87. The van der Waals surface area contributed by atoms with Gasteiger partial charge in [0.15, 0.2) is 0 Å². The minimum atomic E-state index is -3.53. The summed E-state index contributed by atoms with van der Waals surface area (Å²) in [6, 6.07) is 9.38. The summed E-state index contributed by atoms with van der Waals surface area (Å²) in [5, 5.41) is 3.43. The lowest BCUT2D eigenvalue weighted by atomic mass is 10.1. The minimum Gasteiger partial charge on any atom is -0.345 e. The number of sulfonamides is 1. The molecular formula is C21H24ClN3O2S2. The van der Waals surface area contributed by atoms with E-state index in [2.05, 4.69) is 0 Å². The van der Waals surface area contributed by atoms with Crippen molar-refractivity contribution in [2.45, 2.75) is 44.0 Å². The fourth-order valence-electron chi connectivity index (χ4n) is 3.86. The molecule has 1 aliphatic rings. The highest BCUT2D eigenvalue weighted by molar-refractivity contribution is 7.89. The van der Waals surface area contributed by atoms with E-state index in [4.69, 9.17) is 16.6 Å². The van der Waals surface area contributed by atoms with E-state index in [1.165, 1.54) is 11.3 Å². The van der Waals surface area contributed by atoms with Crippen LogP contribution in [0.15, 0.2) is 40.6 Å². The van der Waals surface area contributed by atoms with Crippen molar-refractivity contribution in [3.63, 3.8) is 0 Å². The average molecular weight is 450 g/mol. The topological polar surface area (TPSA) is 55.2 Å².